The van der Waals surface area contributed by atoms with Crippen molar-refractivity contribution in [1.29, 1.82) is 0 Å². The van der Waals surface area contributed by atoms with E-state index in [1.807, 2.05) is 17.9 Å². The fraction of sp³-hybridized carbons (Fsp3) is 0.727. The highest BCUT2D eigenvalue weighted by atomic mass is 32.2. The molecule has 1 aromatic heterocycles. The van der Waals surface area contributed by atoms with Gasteiger partial charge in [0.05, 0.1) is 6.04 Å². The lowest BCUT2D eigenvalue weighted by Gasteiger charge is -2.14. The number of carbonyl (C=O) groups is 1. The van der Waals surface area contributed by atoms with Crippen molar-refractivity contribution in [3.05, 3.63) is 12.2 Å². The Morgan fingerprint density at radius 3 is 3.06 bits per heavy atom. The minimum atomic E-state index is -0.0848. The minimum absolute atomic E-state index is 0.0675. The number of hydrogen-bond acceptors (Lipinski definition) is 4. The molecule has 5 nitrogen and oxygen atoms in total. The number of hydrogen-bond donors (Lipinski definition) is 1. The average Bonchev–Trinajstić information content (AvgIpc) is 2.75. The van der Waals surface area contributed by atoms with Gasteiger partial charge in [-0.1, -0.05) is 6.92 Å². The van der Waals surface area contributed by atoms with E-state index in [0.29, 0.717) is 6.42 Å². The fourth-order valence-corrected chi connectivity index (χ4v) is 1.96. The van der Waals surface area contributed by atoms with E-state index in [1.54, 1.807) is 11.8 Å². The Hall–Kier alpha value is -1.04. The van der Waals surface area contributed by atoms with Crippen molar-refractivity contribution in [2.75, 3.05) is 12.0 Å². The molecule has 0 bridgehead atoms. The first kappa shape index (κ1) is 14.0. The summed E-state index contributed by atoms with van der Waals surface area (Å²) in [4.78, 5) is 15.8. The number of nitrogens with one attached hydrogen (secondary N) is 1. The summed E-state index contributed by atoms with van der Waals surface area (Å²) < 4.78 is 1.85. The first-order chi connectivity index (χ1) is 8.19. The molecule has 0 aromatic carbocycles. The van der Waals surface area contributed by atoms with E-state index >= 15 is 0 Å². The molecule has 0 fully saturated rings. The lowest BCUT2D eigenvalue weighted by atomic mass is 10.3. The zero-order valence-electron chi connectivity index (χ0n) is 10.6. The van der Waals surface area contributed by atoms with Gasteiger partial charge in [-0.05, 0) is 19.6 Å². The molecular formula is C11H20N4OS. The monoisotopic (exact) mass is 256 g/mol. The van der Waals surface area contributed by atoms with Crippen molar-refractivity contribution in [2.24, 2.45) is 0 Å². The number of amides is 1. The minimum Gasteiger partial charge on any atom is -0.346 e. The maximum absolute atomic E-state index is 11.6. The smallest absolute Gasteiger partial charge is 0.221 e. The Bertz CT molecular complexity index is 353. The molecule has 6 heteroatoms. The first-order valence-electron chi connectivity index (χ1n) is 5.85. The van der Waals surface area contributed by atoms with Gasteiger partial charge < -0.3 is 5.32 Å². The molecule has 96 valence electrons. The Kier molecular flexibility index (Phi) is 6.04. The average molecular weight is 256 g/mol. The number of rotatable bonds is 7. The van der Waals surface area contributed by atoms with Gasteiger partial charge in [-0.3, -0.25) is 4.79 Å². The van der Waals surface area contributed by atoms with Gasteiger partial charge in [-0.25, -0.2) is 9.67 Å². The van der Waals surface area contributed by atoms with Gasteiger partial charge in [0.2, 0.25) is 5.91 Å². The molecule has 1 heterocycles. The molecule has 0 saturated heterocycles. The van der Waals surface area contributed by atoms with Crippen molar-refractivity contribution < 1.29 is 4.79 Å². The number of nitrogens with zero attached hydrogens (tertiary/aromatic N) is 3. The van der Waals surface area contributed by atoms with E-state index in [-0.39, 0.29) is 11.9 Å². The van der Waals surface area contributed by atoms with Crippen LogP contribution in [0.5, 0.6) is 0 Å². The van der Waals surface area contributed by atoms with Crippen LogP contribution in [0.4, 0.5) is 0 Å². The second-order valence-electron chi connectivity index (χ2n) is 3.87. The van der Waals surface area contributed by atoms with Gasteiger partial charge in [-0.2, -0.15) is 16.9 Å². The molecule has 0 aliphatic carbocycles. The third kappa shape index (κ3) is 4.38. The molecule has 0 spiro atoms. The van der Waals surface area contributed by atoms with Gasteiger partial charge in [-0.15, -0.1) is 0 Å². The molecule has 0 aliphatic rings. The molecule has 0 unspecified atom stereocenters. The second kappa shape index (κ2) is 7.32. The van der Waals surface area contributed by atoms with Crippen molar-refractivity contribution in [3.8, 4) is 0 Å². The number of carbonyl (C=O) groups excluding carboxylic acids is 1. The Labute approximate surface area is 106 Å². The van der Waals surface area contributed by atoms with Gasteiger partial charge in [0.25, 0.3) is 0 Å². The molecule has 0 radical (unpaired) electrons. The predicted octanol–water partition coefficient (Wildman–Crippen LogP) is 1.62. The maximum atomic E-state index is 11.6. The van der Waals surface area contributed by atoms with Crippen LogP contribution >= 0.6 is 11.8 Å². The zero-order valence-corrected chi connectivity index (χ0v) is 11.5. The Morgan fingerprint density at radius 2 is 2.41 bits per heavy atom. The summed E-state index contributed by atoms with van der Waals surface area (Å²) in [7, 11) is 0. The maximum Gasteiger partial charge on any atom is 0.221 e. The van der Waals surface area contributed by atoms with Gasteiger partial charge in [0.15, 0.2) is 0 Å². The first-order valence-corrected chi connectivity index (χ1v) is 7.24. The molecular weight excluding hydrogens is 236 g/mol. The molecule has 1 N–H and O–H groups in total. The highest BCUT2D eigenvalue weighted by molar-refractivity contribution is 7.98. The van der Waals surface area contributed by atoms with Crippen LogP contribution in [0, 0.1) is 0 Å². The summed E-state index contributed by atoms with van der Waals surface area (Å²) in [5.41, 5.74) is 0. The summed E-state index contributed by atoms with van der Waals surface area (Å²) in [6.45, 7) is 4.86. The van der Waals surface area contributed by atoms with Gasteiger partial charge in [0.1, 0.15) is 12.2 Å². The van der Waals surface area contributed by atoms with Crippen molar-refractivity contribution in [1.82, 2.24) is 20.1 Å². The summed E-state index contributed by atoms with van der Waals surface area (Å²) in [6, 6.07) is -0.0848. The van der Waals surface area contributed by atoms with E-state index in [4.69, 9.17) is 0 Å². The molecule has 1 rings (SSSR count). The van der Waals surface area contributed by atoms with E-state index in [9.17, 15) is 4.79 Å². The van der Waals surface area contributed by atoms with E-state index in [1.165, 1.54) is 6.33 Å². The summed E-state index contributed by atoms with van der Waals surface area (Å²) in [5.74, 6) is 1.74. The molecule has 1 atom stereocenters. The van der Waals surface area contributed by atoms with Crippen molar-refractivity contribution in [3.63, 3.8) is 0 Å². The zero-order chi connectivity index (χ0) is 12.7. The topological polar surface area (TPSA) is 59.8 Å². The third-order valence-electron chi connectivity index (χ3n) is 2.38. The number of aryl methyl sites for hydroxylation is 1. The molecule has 1 amide bonds. The molecule has 1 aromatic rings. The van der Waals surface area contributed by atoms with Crippen LogP contribution < -0.4 is 5.32 Å². The highest BCUT2D eigenvalue weighted by Gasteiger charge is 2.14. The Balaban J connectivity index is 2.53. The summed E-state index contributed by atoms with van der Waals surface area (Å²) in [5, 5.41) is 7.09. The van der Waals surface area contributed by atoms with Crippen LogP contribution in [0.15, 0.2) is 6.33 Å². The van der Waals surface area contributed by atoms with E-state index in [0.717, 1.165) is 24.5 Å². The molecule has 0 aliphatic heterocycles. The quantitative estimate of drug-likeness (QED) is 0.805. The SMILES string of the molecule is CCCn1ncnc1[C@@H](C)NC(=O)CCSC. The molecule has 0 saturated carbocycles. The van der Waals surface area contributed by atoms with Crippen LogP contribution in [0.25, 0.3) is 0 Å². The normalized spacial score (nSPS) is 12.4. The standard InChI is InChI=1S/C11H20N4OS/c1-4-6-15-11(12-8-13-15)9(2)14-10(16)5-7-17-3/h8-9H,4-7H2,1-3H3,(H,14,16)/t9-/m1/s1. The summed E-state index contributed by atoms with van der Waals surface area (Å²) in [6.07, 6.45) is 5.08. The lowest BCUT2D eigenvalue weighted by molar-refractivity contribution is -0.121. The lowest BCUT2D eigenvalue weighted by Crippen LogP contribution is -2.29. The number of thioether (sulfide) groups is 1. The van der Waals surface area contributed by atoms with Gasteiger partial charge >= 0.3 is 0 Å². The fourth-order valence-electron chi connectivity index (χ4n) is 1.57. The largest absolute Gasteiger partial charge is 0.346 e. The third-order valence-corrected chi connectivity index (χ3v) is 2.99. The van der Waals surface area contributed by atoms with Crippen LogP contribution in [0.1, 0.15) is 38.6 Å². The Morgan fingerprint density at radius 1 is 1.65 bits per heavy atom. The summed E-state index contributed by atoms with van der Waals surface area (Å²) >= 11 is 1.67. The van der Waals surface area contributed by atoms with E-state index < -0.39 is 0 Å². The second-order valence-corrected chi connectivity index (χ2v) is 4.86. The highest BCUT2D eigenvalue weighted by Crippen LogP contribution is 2.09. The van der Waals surface area contributed by atoms with Crippen LogP contribution in [0.2, 0.25) is 0 Å². The van der Waals surface area contributed by atoms with Crippen molar-refractivity contribution in [2.45, 2.75) is 39.3 Å². The predicted molar refractivity (Wildman–Crippen MR) is 69.9 cm³/mol. The van der Waals surface area contributed by atoms with Gasteiger partial charge in [0, 0.05) is 18.7 Å². The van der Waals surface area contributed by atoms with Crippen molar-refractivity contribution >= 4 is 17.7 Å². The van der Waals surface area contributed by atoms with Crippen LogP contribution in [-0.2, 0) is 11.3 Å². The number of aromatic nitrogens is 3. The van der Waals surface area contributed by atoms with Crippen LogP contribution in [-0.4, -0.2) is 32.7 Å². The van der Waals surface area contributed by atoms with E-state index in [2.05, 4.69) is 22.3 Å². The van der Waals surface area contributed by atoms with Crippen LogP contribution in [0.3, 0.4) is 0 Å². The molecule has 17 heavy (non-hydrogen) atoms.